The zero-order chi connectivity index (χ0) is 11.4. The van der Waals surface area contributed by atoms with Gasteiger partial charge in [0.1, 0.15) is 0 Å². The molecule has 0 aliphatic heterocycles. The van der Waals surface area contributed by atoms with Crippen molar-refractivity contribution in [2.45, 2.75) is 20.8 Å². The SMILES string of the molecule is CCN(CC)C(=O)c1cc([SiH3])ccc1C. The standard InChI is InChI=1S/C12H19NOSi/c1-4-13(5-2)12(14)11-8-10(15)7-6-9(11)3/h6-8H,4-5H2,1-3,15H3. The quantitative estimate of drug-likeness (QED) is 0.679. The Bertz CT molecular complexity index is 359. The van der Waals surface area contributed by atoms with Gasteiger partial charge in [-0.3, -0.25) is 4.79 Å². The second kappa shape index (κ2) is 5.12. The highest BCUT2D eigenvalue weighted by Crippen LogP contribution is 2.09. The molecular formula is C12H19NOSi. The summed E-state index contributed by atoms with van der Waals surface area (Å²) in [6.45, 7) is 7.58. The van der Waals surface area contributed by atoms with Gasteiger partial charge in [0.2, 0.25) is 0 Å². The fourth-order valence-electron chi connectivity index (χ4n) is 1.65. The highest BCUT2D eigenvalue weighted by molar-refractivity contribution is 6.32. The number of hydrogen-bond donors (Lipinski definition) is 0. The molecule has 1 aromatic carbocycles. The molecule has 1 rings (SSSR count). The van der Waals surface area contributed by atoms with Crippen molar-refractivity contribution in [3.8, 4) is 0 Å². The van der Waals surface area contributed by atoms with E-state index in [0.29, 0.717) is 0 Å². The molecule has 2 nitrogen and oxygen atoms in total. The van der Waals surface area contributed by atoms with Crippen molar-refractivity contribution in [3.63, 3.8) is 0 Å². The lowest BCUT2D eigenvalue weighted by Crippen LogP contribution is -2.31. The summed E-state index contributed by atoms with van der Waals surface area (Å²) in [5, 5.41) is 1.27. The van der Waals surface area contributed by atoms with Crippen LogP contribution in [0.25, 0.3) is 0 Å². The molecule has 15 heavy (non-hydrogen) atoms. The van der Waals surface area contributed by atoms with Crippen molar-refractivity contribution in [1.29, 1.82) is 0 Å². The molecule has 0 aliphatic rings. The molecule has 0 saturated carbocycles. The summed E-state index contributed by atoms with van der Waals surface area (Å²) in [6, 6.07) is 6.17. The summed E-state index contributed by atoms with van der Waals surface area (Å²) >= 11 is 0. The van der Waals surface area contributed by atoms with Crippen LogP contribution in [-0.4, -0.2) is 34.1 Å². The fourth-order valence-corrected chi connectivity index (χ4v) is 2.10. The number of benzene rings is 1. The third-order valence-corrected chi connectivity index (χ3v) is 3.30. The van der Waals surface area contributed by atoms with E-state index in [1.165, 1.54) is 5.19 Å². The Hall–Kier alpha value is -1.09. The van der Waals surface area contributed by atoms with Crippen LogP contribution in [0, 0.1) is 6.92 Å². The molecule has 0 bridgehead atoms. The third-order valence-electron chi connectivity index (χ3n) is 2.67. The van der Waals surface area contributed by atoms with Crippen LogP contribution >= 0.6 is 0 Å². The average molecular weight is 221 g/mol. The van der Waals surface area contributed by atoms with Gasteiger partial charge in [-0.15, -0.1) is 0 Å². The molecule has 0 unspecified atom stereocenters. The summed E-state index contributed by atoms with van der Waals surface area (Å²) in [5.74, 6) is 0.162. The van der Waals surface area contributed by atoms with Crippen molar-refractivity contribution in [1.82, 2.24) is 4.90 Å². The van der Waals surface area contributed by atoms with E-state index in [2.05, 4.69) is 6.07 Å². The lowest BCUT2D eigenvalue weighted by molar-refractivity contribution is 0.0772. The van der Waals surface area contributed by atoms with Gasteiger partial charge in [-0.25, -0.2) is 0 Å². The molecule has 0 aliphatic carbocycles. The second-order valence-electron chi connectivity index (χ2n) is 3.80. The van der Waals surface area contributed by atoms with Crippen molar-refractivity contribution in [2.75, 3.05) is 13.1 Å². The van der Waals surface area contributed by atoms with Gasteiger partial charge in [-0.2, -0.15) is 0 Å². The number of carbonyl (C=O) groups is 1. The van der Waals surface area contributed by atoms with E-state index in [-0.39, 0.29) is 5.91 Å². The maximum absolute atomic E-state index is 12.1. The monoisotopic (exact) mass is 221 g/mol. The fraction of sp³-hybridized carbons (Fsp3) is 0.417. The second-order valence-corrected chi connectivity index (χ2v) is 4.95. The zero-order valence-corrected chi connectivity index (χ0v) is 12.0. The molecule has 0 atom stereocenters. The Morgan fingerprint density at radius 2 is 1.93 bits per heavy atom. The number of nitrogens with zero attached hydrogens (tertiary/aromatic N) is 1. The van der Waals surface area contributed by atoms with E-state index in [0.717, 1.165) is 34.5 Å². The van der Waals surface area contributed by atoms with Gasteiger partial charge < -0.3 is 4.90 Å². The van der Waals surface area contributed by atoms with E-state index in [1.54, 1.807) is 0 Å². The van der Waals surface area contributed by atoms with Crippen molar-refractivity contribution in [2.24, 2.45) is 0 Å². The lowest BCUT2D eigenvalue weighted by Gasteiger charge is -2.20. The number of amides is 1. The highest BCUT2D eigenvalue weighted by atomic mass is 28.1. The number of aryl methyl sites for hydroxylation is 1. The van der Waals surface area contributed by atoms with Crippen LogP contribution in [0.4, 0.5) is 0 Å². The van der Waals surface area contributed by atoms with Crippen LogP contribution in [-0.2, 0) is 0 Å². The Kier molecular flexibility index (Phi) is 4.09. The largest absolute Gasteiger partial charge is 0.339 e. The molecule has 0 N–H and O–H groups in total. The number of carbonyl (C=O) groups excluding carboxylic acids is 1. The van der Waals surface area contributed by atoms with Crippen LogP contribution in [0.3, 0.4) is 0 Å². The maximum Gasteiger partial charge on any atom is 0.254 e. The van der Waals surface area contributed by atoms with Crippen LogP contribution in [0.2, 0.25) is 0 Å². The number of rotatable bonds is 3. The minimum atomic E-state index is 0.162. The van der Waals surface area contributed by atoms with Crippen LogP contribution in [0.15, 0.2) is 18.2 Å². The third kappa shape index (κ3) is 2.69. The summed E-state index contributed by atoms with van der Waals surface area (Å²) < 4.78 is 0. The first-order valence-electron chi connectivity index (χ1n) is 5.46. The van der Waals surface area contributed by atoms with Gasteiger partial charge in [-0.1, -0.05) is 23.4 Å². The minimum absolute atomic E-state index is 0.162. The first-order valence-corrected chi connectivity index (χ1v) is 6.46. The molecule has 0 aromatic heterocycles. The molecule has 0 radical (unpaired) electrons. The molecule has 0 fully saturated rings. The van der Waals surface area contributed by atoms with Crippen molar-refractivity contribution < 1.29 is 4.79 Å². The van der Waals surface area contributed by atoms with Gasteiger partial charge in [0.05, 0.1) is 0 Å². The van der Waals surface area contributed by atoms with Gasteiger partial charge in [0.15, 0.2) is 0 Å². The van der Waals surface area contributed by atoms with Gasteiger partial charge in [0.25, 0.3) is 5.91 Å². The predicted molar refractivity (Wildman–Crippen MR) is 68.0 cm³/mol. The van der Waals surface area contributed by atoms with Crippen molar-refractivity contribution >= 4 is 21.3 Å². The predicted octanol–water partition coefficient (Wildman–Crippen LogP) is 0.468. The van der Waals surface area contributed by atoms with Crippen LogP contribution in [0.5, 0.6) is 0 Å². The average Bonchev–Trinajstić information content (AvgIpc) is 2.23. The molecular weight excluding hydrogens is 202 g/mol. The molecule has 0 saturated heterocycles. The molecule has 1 aromatic rings. The maximum atomic E-state index is 12.1. The Labute approximate surface area is 94.7 Å². The van der Waals surface area contributed by atoms with Crippen molar-refractivity contribution in [3.05, 3.63) is 29.3 Å². The first kappa shape index (κ1) is 12.0. The van der Waals surface area contributed by atoms with Gasteiger partial charge in [-0.05, 0) is 26.3 Å². The van der Waals surface area contributed by atoms with Crippen LogP contribution < -0.4 is 5.19 Å². The van der Waals surface area contributed by atoms with Gasteiger partial charge in [0, 0.05) is 28.9 Å². The normalized spacial score (nSPS) is 10.3. The lowest BCUT2D eigenvalue weighted by atomic mass is 10.1. The van der Waals surface area contributed by atoms with E-state index in [1.807, 2.05) is 37.8 Å². The Morgan fingerprint density at radius 1 is 1.33 bits per heavy atom. The summed E-state index contributed by atoms with van der Waals surface area (Å²) in [5.41, 5.74) is 1.94. The van der Waals surface area contributed by atoms with E-state index in [9.17, 15) is 4.79 Å². The molecule has 3 heteroatoms. The summed E-state index contributed by atoms with van der Waals surface area (Å²) in [7, 11) is 0.994. The first-order chi connectivity index (χ1) is 7.10. The van der Waals surface area contributed by atoms with E-state index < -0.39 is 0 Å². The molecule has 1 amide bonds. The van der Waals surface area contributed by atoms with Gasteiger partial charge >= 0.3 is 0 Å². The Balaban J connectivity index is 3.04. The zero-order valence-electron chi connectivity index (χ0n) is 10.0. The Morgan fingerprint density at radius 3 is 2.47 bits per heavy atom. The molecule has 0 heterocycles. The highest BCUT2D eigenvalue weighted by Gasteiger charge is 2.14. The summed E-state index contributed by atoms with van der Waals surface area (Å²) in [4.78, 5) is 14.0. The van der Waals surface area contributed by atoms with E-state index >= 15 is 0 Å². The smallest absolute Gasteiger partial charge is 0.254 e. The molecule has 0 spiro atoms. The minimum Gasteiger partial charge on any atom is -0.339 e. The topological polar surface area (TPSA) is 20.3 Å². The molecule has 82 valence electrons. The number of hydrogen-bond acceptors (Lipinski definition) is 1. The summed E-state index contributed by atoms with van der Waals surface area (Å²) in [6.07, 6.45) is 0. The van der Waals surface area contributed by atoms with Crippen LogP contribution in [0.1, 0.15) is 29.8 Å². The van der Waals surface area contributed by atoms with E-state index in [4.69, 9.17) is 0 Å².